The van der Waals surface area contributed by atoms with Crippen LogP contribution in [0.3, 0.4) is 0 Å². The monoisotopic (exact) mass is 242 g/mol. The van der Waals surface area contributed by atoms with Gasteiger partial charge in [-0.2, -0.15) is 4.39 Å². The Morgan fingerprint density at radius 1 is 1.59 bits per heavy atom. The molecule has 1 aromatic carbocycles. The molecule has 0 saturated carbocycles. The fraction of sp³-hybridized carbons (Fsp3) is 0.455. The lowest BCUT2D eigenvalue weighted by atomic mass is 10.2. The van der Waals surface area contributed by atoms with Gasteiger partial charge in [0.15, 0.2) is 0 Å². The van der Waals surface area contributed by atoms with Gasteiger partial charge in [0.1, 0.15) is 5.69 Å². The van der Waals surface area contributed by atoms with Gasteiger partial charge >= 0.3 is 5.69 Å². The van der Waals surface area contributed by atoms with E-state index in [4.69, 9.17) is 4.74 Å². The maximum Gasteiger partial charge on any atom is 0.327 e. The Kier molecular flexibility index (Phi) is 4.84. The average molecular weight is 242 g/mol. The standard InChI is InChI=1S/C11H15FN2O3/c1-3-8(7-17-2)13-10-6-4-5-9(12)11(10)14(15)16/h4-6,8,13H,3,7H2,1-2H3. The quantitative estimate of drug-likeness (QED) is 0.615. The first-order valence-electron chi connectivity index (χ1n) is 5.28. The van der Waals surface area contributed by atoms with Crippen molar-refractivity contribution in [3.05, 3.63) is 34.1 Å². The van der Waals surface area contributed by atoms with Crippen molar-refractivity contribution in [2.24, 2.45) is 0 Å². The van der Waals surface area contributed by atoms with Crippen molar-refractivity contribution in [3.63, 3.8) is 0 Å². The Bertz CT molecular complexity index is 398. The van der Waals surface area contributed by atoms with E-state index in [9.17, 15) is 14.5 Å². The molecule has 6 heteroatoms. The zero-order valence-corrected chi connectivity index (χ0v) is 9.77. The Labute approximate surface area is 98.7 Å². The summed E-state index contributed by atoms with van der Waals surface area (Å²) in [6.45, 7) is 2.33. The molecule has 0 aliphatic rings. The smallest absolute Gasteiger partial charge is 0.327 e. The first kappa shape index (κ1) is 13.4. The number of nitrogens with one attached hydrogen (secondary N) is 1. The number of hydrogen-bond acceptors (Lipinski definition) is 4. The molecule has 94 valence electrons. The van der Waals surface area contributed by atoms with E-state index in [1.165, 1.54) is 12.1 Å². The summed E-state index contributed by atoms with van der Waals surface area (Å²) in [6, 6.07) is 3.91. The first-order valence-corrected chi connectivity index (χ1v) is 5.28. The molecule has 1 unspecified atom stereocenters. The summed E-state index contributed by atoms with van der Waals surface area (Å²) in [5, 5.41) is 13.7. The van der Waals surface area contributed by atoms with Crippen molar-refractivity contribution in [2.45, 2.75) is 19.4 Å². The number of rotatable bonds is 6. The summed E-state index contributed by atoms with van der Waals surface area (Å²) < 4.78 is 18.3. The molecule has 1 aromatic rings. The van der Waals surface area contributed by atoms with E-state index in [2.05, 4.69) is 5.32 Å². The molecule has 0 fully saturated rings. The lowest BCUT2D eigenvalue weighted by Crippen LogP contribution is -2.24. The van der Waals surface area contributed by atoms with Gasteiger partial charge in [0.25, 0.3) is 0 Å². The number of nitrogens with zero attached hydrogens (tertiary/aromatic N) is 1. The highest BCUT2D eigenvalue weighted by atomic mass is 19.1. The predicted molar refractivity (Wildman–Crippen MR) is 62.6 cm³/mol. The minimum Gasteiger partial charge on any atom is -0.383 e. The summed E-state index contributed by atoms with van der Waals surface area (Å²) in [5.41, 5.74) is -0.346. The van der Waals surface area contributed by atoms with Crippen molar-refractivity contribution in [3.8, 4) is 0 Å². The van der Waals surface area contributed by atoms with Crippen LogP contribution in [-0.4, -0.2) is 24.7 Å². The topological polar surface area (TPSA) is 64.4 Å². The zero-order valence-electron chi connectivity index (χ0n) is 9.77. The van der Waals surface area contributed by atoms with E-state index in [1.807, 2.05) is 6.92 Å². The molecule has 0 saturated heterocycles. The first-order chi connectivity index (χ1) is 8.10. The molecule has 5 nitrogen and oxygen atoms in total. The SMILES string of the molecule is CCC(COC)Nc1cccc(F)c1[N+](=O)[O-]. The molecule has 0 aromatic heterocycles. The van der Waals surface area contributed by atoms with Crippen molar-refractivity contribution in [1.29, 1.82) is 0 Å². The summed E-state index contributed by atoms with van der Waals surface area (Å²) in [7, 11) is 1.55. The predicted octanol–water partition coefficient (Wildman–Crippen LogP) is 2.57. The summed E-state index contributed by atoms with van der Waals surface area (Å²) in [6.07, 6.45) is 0.724. The van der Waals surface area contributed by atoms with Crippen molar-refractivity contribution >= 4 is 11.4 Å². The van der Waals surface area contributed by atoms with Gasteiger partial charge in [-0.1, -0.05) is 13.0 Å². The van der Waals surface area contributed by atoms with E-state index >= 15 is 0 Å². The molecule has 0 aliphatic heterocycles. The van der Waals surface area contributed by atoms with Crippen LogP contribution in [0.5, 0.6) is 0 Å². The van der Waals surface area contributed by atoms with Gasteiger partial charge in [-0.3, -0.25) is 10.1 Å². The maximum absolute atomic E-state index is 13.3. The number of nitro groups is 1. The van der Waals surface area contributed by atoms with Gasteiger partial charge in [-0.15, -0.1) is 0 Å². The van der Waals surface area contributed by atoms with E-state index in [-0.39, 0.29) is 11.7 Å². The Balaban J connectivity index is 2.97. The molecular formula is C11H15FN2O3. The van der Waals surface area contributed by atoms with Gasteiger partial charge in [-0.05, 0) is 18.6 Å². The highest BCUT2D eigenvalue weighted by Crippen LogP contribution is 2.28. The van der Waals surface area contributed by atoms with Crippen LogP contribution in [0.25, 0.3) is 0 Å². The van der Waals surface area contributed by atoms with Crippen molar-refractivity contribution in [2.75, 3.05) is 19.0 Å². The van der Waals surface area contributed by atoms with Crippen LogP contribution in [0.15, 0.2) is 18.2 Å². The number of para-hydroxylation sites is 1. The molecule has 1 N–H and O–H groups in total. The largest absolute Gasteiger partial charge is 0.383 e. The molecular weight excluding hydrogens is 227 g/mol. The number of nitro benzene ring substituents is 1. The second kappa shape index (κ2) is 6.15. The van der Waals surface area contributed by atoms with E-state index in [0.29, 0.717) is 6.61 Å². The molecule has 17 heavy (non-hydrogen) atoms. The van der Waals surface area contributed by atoms with Gasteiger partial charge in [-0.25, -0.2) is 0 Å². The second-order valence-corrected chi connectivity index (χ2v) is 3.60. The Morgan fingerprint density at radius 3 is 2.82 bits per heavy atom. The summed E-state index contributed by atoms with van der Waals surface area (Å²) in [5.74, 6) is -0.840. The number of ether oxygens (including phenoxy) is 1. The third kappa shape index (κ3) is 3.39. The summed E-state index contributed by atoms with van der Waals surface area (Å²) >= 11 is 0. The molecule has 0 amide bonds. The third-order valence-electron chi connectivity index (χ3n) is 2.39. The van der Waals surface area contributed by atoms with Crippen molar-refractivity contribution in [1.82, 2.24) is 0 Å². The molecule has 0 heterocycles. The van der Waals surface area contributed by atoms with E-state index in [1.54, 1.807) is 7.11 Å². The van der Waals surface area contributed by atoms with E-state index < -0.39 is 16.4 Å². The van der Waals surface area contributed by atoms with Crippen LogP contribution < -0.4 is 5.32 Å². The van der Waals surface area contributed by atoms with Crippen LogP contribution >= 0.6 is 0 Å². The summed E-state index contributed by atoms with van der Waals surface area (Å²) in [4.78, 5) is 10.0. The average Bonchev–Trinajstić information content (AvgIpc) is 2.28. The zero-order chi connectivity index (χ0) is 12.8. The van der Waals surface area contributed by atoms with Gasteiger partial charge in [0.2, 0.25) is 5.82 Å². The molecule has 1 atom stereocenters. The Morgan fingerprint density at radius 2 is 2.29 bits per heavy atom. The van der Waals surface area contributed by atoms with Gasteiger partial charge < -0.3 is 10.1 Å². The maximum atomic E-state index is 13.3. The number of methoxy groups -OCH3 is 1. The molecule has 0 spiro atoms. The number of benzene rings is 1. The lowest BCUT2D eigenvalue weighted by Gasteiger charge is -2.17. The Hall–Kier alpha value is -1.69. The molecule has 0 bridgehead atoms. The molecule has 1 rings (SSSR count). The fourth-order valence-corrected chi connectivity index (χ4v) is 1.50. The minimum absolute atomic E-state index is 0.0829. The number of anilines is 1. The van der Waals surface area contributed by atoms with Gasteiger partial charge in [0.05, 0.1) is 11.5 Å². The fourth-order valence-electron chi connectivity index (χ4n) is 1.50. The number of halogens is 1. The normalized spacial score (nSPS) is 12.2. The number of hydrogen-bond donors (Lipinski definition) is 1. The van der Waals surface area contributed by atoms with Crippen LogP contribution in [0, 0.1) is 15.9 Å². The second-order valence-electron chi connectivity index (χ2n) is 3.60. The van der Waals surface area contributed by atoms with E-state index in [0.717, 1.165) is 12.5 Å². The van der Waals surface area contributed by atoms with Crippen LogP contribution in [0.2, 0.25) is 0 Å². The minimum atomic E-state index is -0.840. The lowest BCUT2D eigenvalue weighted by molar-refractivity contribution is -0.386. The van der Waals surface area contributed by atoms with Crippen molar-refractivity contribution < 1.29 is 14.1 Å². The van der Waals surface area contributed by atoms with Crippen LogP contribution in [-0.2, 0) is 4.74 Å². The van der Waals surface area contributed by atoms with Crippen LogP contribution in [0.1, 0.15) is 13.3 Å². The highest BCUT2D eigenvalue weighted by Gasteiger charge is 2.21. The molecule has 0 radical (unpaired) electrons. The highest BCUT2D eigenvalue weighted by molar-refractivity contribution is 5.62. The third-order valence-corrected chi connectivity index (χ3v) is 2.39. The van der Waals surface area contributed by atoms with Crippen LogP contribution in [0.4, 0.5) is 15.8 Å². The molecule has 0 aliphatic carbocycles. The van der Waals surface area contributed by atoms with Gasteiger partial charge in [0, 0.05) is 13.2 Å².